The minimum Gasteiger partial charge on any atom is -0.399 e. The number of rotatable bonds is 4. The second-order valence-electron chi connectivity index (χ2n) is 8.56. The molecular weight excluding hydrogens is 429 g/mol. The van der Waals surface area contributed by atoms with Crippen molar-refractivity contribution in [2.24, 2.45) is 0 Å². The lowest BCUT2D eigenvalue weighted by Crippen LogP contribution is -2.44. The van der Waals surface area contributed by atoms with Gasteiger partial charge in [-0.1, -0.05) is 36.4 Å². The molecule has 5 rings (SSSR count). The van der Waals surface area contributed by atoms with E-state index < -0.39 is 5.82 Å². The molecule has 1 aliphatic rings. The second-order valence-corrected chi connectivity index (χ2v) is 8.56. The van der Waals surface area contributed by atoms with Crippen LogP contribution in [0.2, 0.25) is 0 Å². The predicted octanol–water partition coefficient (Wildman–Crippen LogP) is 4.03. The zero-order valence-electron chi connectivity index (χ0n) is 19.0. The van der Waals surface area contributed by atoms with E-state index in [1.54, 1.807) is 12.1 Å². The minimum atomic E-state index is -0.402. The van der Waals surface area contributed by atoms with Crippen LogP contribution in [0.4, 0.5) is 15.8 Å². The van der Waals surface area contributed by atoms with Crippen molar-refractivity contribution in [2.45, 2.75) is 0 Å². The van der Waals surface area contributed by atoms with Crippen molar-refractivity contribution in [3.05, 3.63) is 94.3 Å². The Labute approximate surface area is 197 Å². The van der Waals surface area contributed by atoms with Gasteiger partial charge >= 0.3 is 0 Å². The molecule has 4 aromatic rings. The Hall–Kier alpha value is -3.97. The van der Waals surface area contributed by atoms with Gasteiger partial charge in [-0.15, -0.1) is 0 Å². The highest BCUT2D eigenvalue weighted by molar-refractivity contribution is 5.84. The van der Waals surface area contributed by atoms with Gasteiger partial charge in [-0.2, -0.15) is 0 Å². The van der Waals surface area contributed by atoms with E-state index in [9.17, 15) is 4.79 Å². The molecular formula is C27H26FN5O. The maximum absolute atomic E-state index is 15.2. The monoisotopic (exact) mass is 455 g/mol. The van der Waals surface area contributed by atoms with Gasteiger partial charge in [0.1, 0.15) is 11.6 Å². The molecule has 2 heterocycles. The molecule has 172 valence electrons. The average Bonchev–Trinajstić information content (AvgIpc) is 2.85. The zero-order chi connectivity index (χ0) is 23.7. The van der Waals surface area contributed by atoms with Crippen molar-refractivity contribution >= 4 is 34.4 Å². The third kappa shape index (κ3) is 4.30. The number of piperazine rings is 1. The van der Waals surface area contributed by atoms with Crippen LogP contribution in [0.1, 0.15) is 11.4 Å². The number of likely N-dealkylation sites (N-methyl/N-ethyl adjacent to an activating group) is 1. The van der Waals surface area contributed by atoms with Gasteiger partial charge in [0.2, 0.25) is 0 Å². The lowest BCUT2D eigenvalue weighted by molar-refractivity contribution is 0.312. The molecule has 0 spiro atoms. The van der Waals surface area contributed by atoms with Crippen molar-refractivity contribution in [2.75, 3.05) is 43.9 Å². The first-order valence-corrected chi connectivity index (χ1v) is 11.3. The fourth-order valence-electron chi connectivity index (χ4n) is 4.22. The molecule has 0 aliphatic carbocycles. The van der Waals surface area contributed by atoms with E-state index >= 15 is 4.39 Å². The van der Waals surface area contributed by atoms with Crippen molar-refractivity contribution < 1.29 is 4.39 Å². The van der Waals surface area contributed by atoms with E-state index in [2.05, 4.69) is 11.9 Å². The standard InChI is InChI=1S/C27H26FN5O/c1-31-13-15-32(16-14-31)25-18-24-22(17-23(25)28)27(34)33(21-5-3-2-4-6-21)26(30-24)12-9-19-7-10-20(29)11-8-19/h2-12,17-18H,13-16,29H2,1H3/b12-9+. The molecule has 34 heavy (non-hydrogen) atoms. The van der Waals surface area contributed by atoms with Crippen molar-refractivity contribution in [3.8, 4) is 5.69 Å². The first kappa shape index (κ1) is 21.9. The molecule has 1 saturated heterocycles. The van der Waals surface area contributed by atoms with Crippen molar-refractivity contribution in [3.63, 3.8) is 0 Å². The molecule has 0 bridgehead atoms. The Morgan fingerprint density at radius 2 is 1.65 bits per heavy atom. The quantitative estimate of drug-likeness (QED) is 0.471. The molecule has 0 radical (unpaired) electrons. The number of hydrogen-bond acceptors (Lipinski definition) is 5. The lowest BCUT2D eigenvalue weighted by Gasteiger charge is -2.34. The number of nitrogens with two attached hydrogens (primary N) is 1. The molecule has 1 aliphatic heterocycles. The first-order chi connectivity index (χ1) is 16.5. The predicted molar refractivity (Wildman–Crippen MR) is 137 cm³/mol. The summed E-state index contributed by atoms with van der Waals surface area (Å²) in [6.45, 7) is 3.17. The van der Waals surface area contributed by atoms with E-state index in [0.29, 0.717) is 28.4 Å². The van der Waals surface area contributed by atoms with Crippen LogP contribution in [0, 0.1) is 5.82 Å². The summed E-state index contributed by atoms with van der Waals surface area (Å²) in [5.41, 5.74) is 8.73. The number of nitrogens with zero attached hydrogens (tertiary/aromatic N) is 4. The molecule has 2 N–H and O–H groups in total. The van der Waals surface area contributed by atoms with Crippen LogP contribution >= 0.6 is 0 Å². The minimum absolute atomic E-state index is 0.254. The van der Waals surface area contributed by atoms with Gasteiger partial charge in [-0.25, -0.2) is 9.37 Å². The number of para-hydroxylation sites is 1. The topological polar surface area (TPSA) is 67.4 Å². The van der Waals surface area contributed by atoms with Gasteiger partial charge in [0, 0.05) is 31.9 Å². The van der Waals surface area contributed by atoms with Crippen molar-refractivity contribution in [1.29, 1.82) is 0 Å². The highest BCUT2D eigenvalue weighted by atomic mass is 19.1. The van der Waals surface area contributed by atoms with Gasteiger partial charge in [-0.05, 0) is 55.1 Å². The fourth-order valence-corrected chi connectivity index (χ4v) is 4.22. The van der Waals surface area contributed by atoms with Gasteiger partial charge in [0.25, 0.3) is 5.56 Å². The van der Waals surface area contributed by atoms with Crippen LogP contribution in [-0.2, 0) is 0 Å². The van der Waals surface area contributed by atoms with E-state index in [1.165, 1.54) is 10.6 Å². The second kappa shape index (κ2) is 9.11. The van der Waals surface area contributed by atoms with Crippen LogP contribution in [-0.4, -0.2) is 47.7 Å². The van der Waals surface area contributed by atoms with E-state index in [-0.39, 0.29) is 10.9 Å². The van der Waals surface area contributed by atoms with Crippen LogP contribution < -0.4 is 16.2 Å². The van der Waals surface area contributed by atoms with Crippen LogP contribution in [0.15, 0.2) is 71.5 Å². The Bertz CT molecular complexity index is 1410. The number of aromatic nitrogens is 2. The summed E-state index contributed by atoms with van der Waals surface area (Å²) in [4.78, 5) is 22.6. The number of benzene rings is 3. The van der Waals surface area contributed by atoms with Gasteiger partial charge in [0.15, 0.2) is 0 Å². The Balaban J connectivity index is 1.66. The van der Waals surface area contributed by atoms with E-state index in [4.69, 9.17) is 10.7 Å². The summed E-state index contributed by atoms with van der Waals surface area (Å²) in [5, 5.41) is 0.254. The smallest absolute Gasteiger partial charge is 0.266 e. The molecule has 7 heteroatoms. The number of anilines is 2. The van der Waals surface area contributed by atoms with Crippen molar-refractivity contribution in [1.82, 2.24) is 14.5 Å². The molecule has 0 saturated carbocycles. The summed E-state index contributed by atoms with van der Waals surface area (Å²) in [5.74, 6) is 0.0668. The summed E-state index contributed by atoms with van der Waals surface area (Å²) in [6.07, 6.45) is 3.69. The molecule has 0 unspecified atom stereocenters. The molecule has 1 aromatic heterocycles. The normalized spacial score (nSPS) is 14.8. The number of hydrogen-bond donors (Lipinski definition) is 1. The van der Waals surface area contributed by atoms with Gasteiger partial charge < -0.3 is 15.5 Å². The fraction of sp³-hybridized carbons (Fsp3) is 0.185. The number of nitrogen functional groups attached to an aromatic ring is 1. The third-order valence-electron chi connectivity index (χ3n) is 6.18. The summed E-state index contributed by atoms with van der Waals surface area (Å²) >= 11 is 0. The number of fused-ring (bicyclic) bond motifs is 1. The zero-order valence-corrected chi connectivity index (χ0v) is 19.0. The average molecular weight is 456 g/mol. The van der Waals surface area contributed by atoms with E-state index in [1.807, 2.05) is 65.6 Å². The molecule has 6 nitrogen and oxygen atoms in total. The molecule has 3 aromatic carbocycles. The third-order valence-corrected chi connectivity index (χ3v) is 6.18. The maximum atomic E-state index is 15.2. The summed E-state index contributed by atoms with van der Waals surface area (Å²) in [7, 11) is 2.06. The van der Waals surface area contributed by atoms with Crippen LogP contribution in [0.5, 0.6) is 0 Å². The van der Waals surface area contributed by atoms with Gasteiger partial charge in [-0.3, -0.25) is 9.36 Å². The highest BCUT2D eigenvalue weighted by Gasteiger charge is 2.20. The first-order valence-electron chi connectivity index (χ1n) is 11.3. The summed E-state index contributed by atoms with van der Waals surface area (Å²) < 4.78 is 16.7. The molecule has 0 atom stereocenters. The van der Waals surface area contributed by atoms with Gasteiger partial charge in [0.05, 0.1) is 22.3 Å². The van der Waals surface area contributed by atoms with Crippen LogP contribution in [0.25, 0.3) is 28.7 Å². The SMILES string of the molecule is CN1CCN(c2cc3nc(/C=C/c4ccc(N)cc4)n(-c4ccccc4)c(=O)c3cc2F)CC1. The highest BCUT2D eigenvalue weighted by Crippen LogP contribution is 2.26. The van der Waals surface area contributed by atoms with Crippen LogP contribution in [0.3, 0.4) is 0 Å². The Kier molecular flexibility index (Phi) is 5.86. The molecule has 0 amide bonds. The maximum Gasteiger partial charge on any atom is 0.266 e. The van der Waals surface area contributed by atoms with E-state index in [0.717, 1.165) is 31.7 Å². The largest absolute Gasteiger partial charge is 0.399 e. The Morgan fingerprint density at radius 3 is 2.35 bits per heavy atom. The number of halogens is 1. The molecule has 1 fully saturated rings. The summed E-state index contributed by atoms with van der Waals surface area (Å²) in [6, 6.07) is 19.7. The lowest BCUT2D eigenvalue weighted by atomic mass is 10.1. The Morgan fingerprint density at radius 1 is 0.941 bits per heavy atom.